The van der Waals surface area contributed by atoms with Gasteiger partial charge in [0.25, 0.3) is 0 Å². The molecular weight excluding hydrogens is 252 g/mol. The summed E-state index contributed by atoms with van der Waals surface area (Å²) in [5.74, 6) is 0.948. The van der Waals surface area contributed by atoms with Crippen LogP contribution in [-0.4, -0.2) is 20.9 Å². The summed E-state index contributed by atoms with van der Waals surface area (Å²) in [4.78, 5) is 12.1. The molecular formula is C15H20N4O. The number of aromatic nitrogens is 3. The first-order valence-corrected chi connectivity index (χ1v) is 7.26. The van der Waals surface area contributed by atoms with Crippen LogP contribution in [0.4, 0.5) is 0 Å². The van der Waals surface area contributed by atoms with E-state index in [9.17, 15) is 4.79 Å². The maximum atomic E-state index is 12.1. The van der Waals surface area contributed by atoms with E-state index in [-0.39, 0.29) is 5.69 Å². The second kappa shape index (κ2) is 6.05. The van der Waals surface area contributed by atoms with Crippen molar-refractivity contribution in [2.45, 2.75) is 38.9 Å². The molecule has 1 aliphatic heterocycles. The Morgan fingerprint density at radius 1 is 1.20 bits per heavy atom. The highest BCUT2D eigenvalue weighted by Gasteiger charge is 2.15. The second-order valence-corrected chi connectivity index (χ2v) is 5.19. The van der Waals surface area contributed by atoms with Crippen LogP contribution in [0.1, 0.15) is 24.2 Å². The minimum Gasteiger partial charge on any atom is -0.311 e. The van der Waals surface area contributed by atoms with Gasteiger partial charge in [0.15, 0.2) is 0 Å². The molecule has 0 atom stereocenters. The third kappa shape index (κ3) is 2.82. The summed E-state index contributed by atoms with van der Waals surface area (Å²) in [5.41, 5.74) is 1.30. The Morgan fingerprint density at radius 2 is 2.05 bits per heavy atom. The average molecular weight is 272 g/mol. The molecule has 0 saturated carbocycles. The lowest BCUT2D eigenvalue weighted by atomic mass is 10.2. The number of fused-ring (bicyclic) bond motifs is 1. The van der Waals surface area contributed by atoms with E-state index < -0.39 is 0 Å². The van der Waals surface area contributed by atoms with E-state index >= 15 is 0 Å². The first kappa shape index (κ1) is 13.1. The molecule has 3 rings (SSSR count). The number of benzene rings is 1. The van der Waals surface area contributed by atoms with Crippen LogP contribution in [0, 0.1) is 0 Å². The quantitative estimate of drug-likeness (QED) is 0.831. The lowest BCUT2D eigenvalue weighted by Crippen LogP contribution is -2.30. The van der Waals surface area contributed by atoms with Crippen molar-refractivity contribution in [1.82, 2.24) is 19.7 Å². The molecule has 0 aliphatic carbocycles. The zero-order valence-electron chi connectivity index (χ0n) is 11.6. The van der Waals surface area contributed by atoms with Gasteiger partial charge in [0.1, 0.15) is 5.82 Å². The topological polar surface area (TPSA) is 51.9 Å². The normalized spacial score (nSPS) is 14.2. The van der Waals surface area contributed by atoms with E-state index in [1.807, 2.05) is 22.8 Å². The molecule has 0 amide bonds. The molecule has 5 heteroatoms. The Labute approximate surface area is 118 Å². The molecule has 106 valence electrons. The van der Waals surface area contributed by atoms with Crippen LogP contribution in [0.25, 0.3) is 0 Å². The van der Waals surface area contributed by atoms with Gasteiger partial charge in [0.2, 0.25) is 0 Å². The van der Waals surface area contributed by atoms with E-state index in [1.165, 1.54) is 5.56 Å². The van der Waals surface area contributed by atoms with Crippen molar-refractivity contribution < 1.29 is 0 Å². The minimum absolute atomic E-state index is 0.0428. The van der Waals surface area contributed by atoms with Gasteiger partial charge in [-0.1, -0.05) is 30.3 Å². The second-order valence-electron chi connectivity index (χ2n) is 5.19. The van der Waals surface area contributed by atoms with Crippen LogP contribution < -0.4 is 11.0 Å². The number of nitrogens with zero attached hydrogens (tertiary/aromatic N) is 3. The van der Waals surface area contributed by atoms with Crippen LogP contribution in [0.2, 0.25) is 0 Å². The number of aryl methyl sites for hydroxylation is 1. The first-order chi connectivity index (χ1) is 9.84. The molecule has 1 aromatic carbocycles. The highest BCUT2D eigenvalue weighted by Crippen LogP contribution is 2.08. The largest absolute Gasteiger partial charge is 0.345 e. The lowest BCUT2D eigenvalue weighted by molar-refractivity contribution is 0.508. The van der Waals surface area contributed by atoms with Gasteiger partial charge in [-0.2, -0.15) is 5.10 Å². The van der Waals surface area contributed by atoms with Gasteiger partial charge in [-0.25, -0.2) is 9.48 Å². The molecule has 20 heavy (non-hydrogen) atoms. The van der Waals surface area contributed by atoms with Gasteiger partial charge in [-0.05, 0) is 18.4 Å². The molecule has 1 N–H and O–H groups in total. The lowest BCUT2D eigenvalue weighted by Gasteiger charge is -2.09. The predicted octanol–water partition coefficient (Wildman–Crippen LogP) is 1.17. The van der Waals surface area contributed by atoms with Gasteiger partial charge < -0.3 is 5.32 Å². The monoisotopic (exact) mass is 272 g/mol. The number of hydrogen-bond donors (Lipinski definition) is 1. The van der Waals surface area contributed by atoms with Gasteiger partial charge >= 0.3 is 5.69 Å². The average Bonchev–Trinajstić information content (AvgIpc) is 2.82. The van der Waals surface area contributed by atoms with E-state index in [0.717, 1.165) is 44.7 Å². The standard InChI is InChI=1S/C15H20N4O/c20-15-18-10-5-4-8-14(18)17-19(15)11-9-16-12-13-6-2-1-3-7-13/h1-3,6-7,16H,4-5,8-12H2. The van der Waals surface area contributed by atoms with E-state index in [2.05, 4.69) is 22.5 Å². The summed E-state index contributed by atoms with van der Waals surface area (Å²) in [6.07, 6.45) is 3.16. The summed E-state index contributed by atoms with van der Waals surface area (Å²) >= 11 is 0. The maximum Gasteiger partial charge on any atom is 0.345 e. The third-order valence-electron chi connectivity index (χ3n) is 3.70. The summed E-state index contributed by atoms with van der Waals surface area (Å²) in [7, 11) is 0. The molecule has 0 bridgehead atoms. The van der Waals surface area contributed by atoms with Crippen molar-refractivity contribution in [2.24, 2.45) is 0 Å². The Balaban J connectivity index is 1.54. The summed E-state index contributed by atoms with van der Waals surface area (Å²) in [6, 6.07) is 10.3. The Kier molecular flexibility index (Phi) is 3.97. The summed E-state index contributed by atoms with van der Waals surface area (Å²) in [6.45, 7) is 3.03. The number of hydrogen-bond acceptors (Lipinski definition) is 3. The van der Waals surface area contributed by atoms with Crippen molar-refractivity contribution in [3.8, 4) is 0 Å². The minimum atomic E-state index is 0.0428. The fourth-order valence-corrected chi connectivity index (χ4v) is 2.61. The van der Waals surface area contributed by atoms with Crippen molar-refractivity contribution in [3.05, 3.63) is 52.2 Å². The Morgan fingerprint density at radius 3 is 2.85 bits per heavy atom. The van der Waals surface area contributed by atoms with Crippen molar-refractivity contribution >= 4 is 0 Å². The van der Waals surface area contributed by atoms with Gasteiger partial charge in [-0.3, -0.25) is 4.57 Å². The molecule has 5 nitrogen and oxygen atoms in total. The zero-order chi connectivity index (χ0) is 13.8. The molecule has 0 spiro atoms. The van der Waals surface area contributed by atoms with E-state index in [0.29, 0.717) is 6.54 Å². The van der Waals surface area contributed by atoms with Gasteiger partial charge in [-0.15, -0.1) is 0 Å². The van der Waals surface area contributed by atoms with Gasteiger partial charge in [0.05, 0.1) is 6.54 Å². The molecule has 1 aromatic heterocycles. The SMILES string of the molecule is O=c1n(CCNCc2ccccc2)nc2n1CCCC2. The van der Waals surface area contributed by atoms with Crippen LogP contribution >= 0.6 is 0 Å². The van der Waals surface area contributed by atoms with Crippen LogP contribution in [0.15, 0.2) is 35.1 Å². The predicted molar refractivity (Wildman–Crippen MR) is 77.6 cm³/mol. The van der Waals surface area contributed by atoms with Crippen LogP contribution in [0.5, 0.6) is 0 Å². The zero-order valence-corrected chi connectivity index (χ0v) is 11.6. The molecule has 0 radical (unpaired) electrons. The first-order valence-electron chi connectivity index (χ1n) is 7.26. The van der Waals surface area contributed by atoms with E-state index in [4.69, 9.17) is 0 Å². The fourth-order valence-electron chi connectivity index (χ4n) is 2.61. The fraction of sp³-hybridized carbons (Fsp3) is 0.467. The van der Waals surface area contributed by atoms with E-state index in [1.54, 1.807) is 4.68 Å². The van der Waals surface area contributed by atoms with Gasteiger partial charge in [0, 0.05) is 26.1 Å². The third-order valence-corrected chi connectivity index (χ3v) is 3.70. The van der Waals surface area contributed by atoms with Crippen LogP contribution in [-0.2, 0) is 26.1 Å². The smallest absolute Gasteiger partial charge is 0.311 e. The molecule has 2 heterocycles. The van der Waals surface area contributed by atoms with Crippen molar-refractivity contribution in [3.63, 3.8) is 0 Å². The number of rotatable bonds is 5. The Bertz CT molecular complexity index is 615. The Hall–Kier alpha value is -1.88. The molecule has 0 fully saturated rings. The van der Waals surface area contributed by atoms with Crippen molar-refractivity contribution in [1.29, 1.82) is 0 Å². The number of nitrogens with one attached hydrogen (secondary N) is 1. The van der Waals surface area contributed by atoms with Crippen molar-refractivity contribution in [2.75, 3.05) is 6.54 Å². The molecule has 1 aliphatic rings. The summed E-state index contributed by atoms with van der Waals surface area (Å²) < 4.78 is 3.42. The molecule has 0 saturated heterocycles. The maximum absolute atomic E-state index is 12.1. The van der Waals surface area contributed by atoms with Crippen LogP contribution in [0.3, 0.4) is 0 Å². The highest BCUT2D eigenvalue weighted by atomic mass is 16.2. The highest BCUT2D eigenvalue weighted by molar-refractivity contribution is 5.14. The molecule has 2 aromatic rings. The molecule has 0 unspecified atom stereocenters. The summed E-state index contributed by atoms with van der Waals surface area (Å²) in [5, 5.41) is 7.77.